The van der Waals surface area contributed by atoms with Crippen molar-refractivity contribution in [1.29, 1.82) is 0 Å². The van der Waals surface area contributed by atoms with E-state index in [9.17, 15) is 4.79 Å². The van der Waals surface area contributed by atoms with Gasteiger partial charge in [-0.2, -0.15) is 0 Å². The van der Waals surface area contributed by atoms with Crippen LogP contribution >= 0.6 is 0 Å². The number of anilines is 1. The van der Waals surface area contributed by atoms with Crippen molar-refractivity contribution in [2.45, 2.75) is 39.5 Å². The van der Waals surface area contributed by atoms with Crippen LogP contribution in [0, 0.1) is 23.2 Å². The Hall–Kier alpha value is -1.91. The van der Waals surface area contributed by atoms with E-state index in [1.165, 1.54) is 12.0 Å². The van der Waals surface area contributed by atoms with Gasteiger partial charge in [-0.25, -0.2) is 9.97 Å². The van der Waals surface area contributed by atoms with Crippen molar-refractivity contribution in [3.63, 3.8) is 0 Å². The normalized spacial score (nSPS) is 30.2. The van der Waals surface area contributed by atoms with Gasteiger partial charge in [0.1, 0.15) is 6.61 Å². The zero-order valence-corrected chi connectivity index (χ0v) is 15.1. The van der Waals surface area contributed by atoms with Crippen LogP contribution in [-0.2, 0) is 9.53 Å². The van der Waals surface area contributed by atoms with Gasteiger partial charge in [0.15, 0.2) is 0 Å². The Balaban J connectivity index is 1.33. The van der Waals surface area contributed by atoms with Crippen LogP contribution in [0.4, 0.5) is 5.95 Å². The molecule has 5 nitrogen and oxygen atoms in total. The molecule has 2 fully saturated rings. The third kappa shape index (κ3) is 3.05. The number of hydrogen-bond acceptors (Lipinski definition) is 5. The Kier molecular flexibility index (Phi) is 4.26. The van der Waals surface area contributed by atoms with Gasteiger partial charge in [-0.15, -0.1) is 0 Å². The van der Waals surface area contributed by atoms with E-state index in [2.05, 4.69) is 34.8 Å². The summed E-state index contributed by atoms with van der Waals surface area (Å²) < 4.78 is 5.72. The Morgan fingerprint density at radius 3 is 2.88 bits per heavy atom. The predicted octanol–water partition coefficient (Wildman–Crippen LogP) is 3.23. The first kappa shape index (κ1) is 16.6. The third-order valence-corrected chi connectivity index (χ3v) is 6.55. The van der Waals surface area contributed by atoms with Gasteiger partial charge < -0.3 is 9.64 Å². The van der Waals surface area contributed by atoms with Crippen LogP contribution in [0.2, 0.25) is 0 Å². The van der Waals surface area contributed by atoms with Crippen LogP contribution in [0.25, 0.3) is 0 Å². The van der Waals surface area contributed by atoms with E-state index in [0.29, 0.717) is 30.4 Å². The van der Waals surface area contributed by atoms with Gasteiger partial charge in [-0.3, -0.25) is 4.79 Å². The monoisotopic (exact) mass is 341 g/mol. The van der Waals surface area contributed by atoms with Crippen molar-refractivity contribution in [2.24, 2.45) is 23.2 Å². The SMILES string of the molecule is CC1(C)[C@H]2CC=C(COC(=O)[C@@H]3CCCN(c4ncccn4)C3)[C@@H]1C2. The molecule has 0 radical (unpaired) electrons. The first-order valence-electron chi connectivity index (χ1n) is 9.43. The topological polar surface area (TPSA) is 55.3 Å². The molecule has 2 heterocycles. The largest absolute Gasteiger partial charge is 0.461 e. The quantitative estimate of drug-likeness (QED) is 0.622. The summed E-state index contributed by atoms with van der Waals surface area (Å²) >= 11 is 0. The lowest BCUT2D eigenvalue weighted by Gasteiger charge is -2.56. The molecule has 0 amide bonds. The number of piperidine rings is 1. The smallest absolute Gasteiger partial charge is 0.311 e. The summed E-state index contributed by atoms with van der Waals surface area (Å²) in [6.45, 7) is 6.71. The van der Waals surface area contributed by atoms with Gasteiger partial charge in [0.2, 0.25) is 5.95 Å². The second-order valence-electron chi connectivity index (χ2n) is 8.26. The number of esters is 1. The lowest BCUT2D eigenvalue weighted by Crippen LogP contribution is -2.49. The molecular weight excluding hydrogens is 314 g/mol. The highest BCUT2D eigenvalue weighted by molar-refractivity contribution is 5.73. The lowest BCUT2D eigenvalue weighted by atomic mass is 9.49. The van der Waals surface area contributed by atoms with Crippen molar-refractivity contribution in [3.8, 4) is 0 Å². The molecule has 25 heavy (non-hydrogen) atoms. The highest BCUT2D eigenvalue weighted by atomic mass is 16.5. The van der Waals surface area contributed by atoms with E-state index in [4.69, 9.17) is 4.74 Å². The van der Waals surface area contributed by atoms with Crippen LogP contribution < -0.4 is 4.90 Å². The molecule has 2 bridgehead atoms. The standard InChI is InChI=1S/C20H27N3O2/c1-20(2)16-7-6-15(17(20)11-16)13-25-18(24)14-5-3-10-23(12-14)19-21-8-4-9-22-19/h4,6,8-9,14,16-17H,3,5,7,10-13H2,1-2H3/t14-,16+,17+/m1/s1. The maximum Gasteiger partial charge on any atom is 0.311 e. The van der Waals surface area contributed by atoms with Gasteiger partial charge in [-0.05, 0) is 54.6 Å². The van der Waals surface area contributed by atoms with E-state index < -0.39 is 0 Å². The van der Waals surface area contributed by atoms with E-state index in [-0.39, 0.29) is 11.9 Å². The van der Waals surface area contributed by atoms with Crippen LogP contribution in [-0.4, -0.2) is 35.6 Å². The first-order valence-corrected chi connectivity index (χ1v) is 9.43. The highest BCUT2D eigenvalue weighted by Crippen LogP contribution is 2.59. The van der Waals surface area contributed by atoms with Crippen LogP contribution in [0.1, 0.15) is 39.5 Å². The molecule has 0 spiro atoms. The Morgan fingerprint density at radius 1 is 1.36 bits per heavy atom. The molecule has 1 saturated carbocycles. The minimum Gasteiger partial charge on any atom is -0.461 e. The van der Waals surface area contributed by atoms with Crippen molar-refractivity contribution in [3.05, 3.63) is 30.1 Å². The molecule has 3 aliphatic carbocycles. The van der Waals surface area contributed by atoms with E-state index >= 15 is 0 Å². The number of ether oxygens (including phenoxy) is 1. The first-order chi connectivity index (χ1) is 12.1. The fraction of sp³-hybridized carbons (Fsp3) is 0.650. The summed E-state index contributed by atoms with van der Waals surface area (Å²) in [5.41, 5.74) is 1.71. The molecule has 4 aliphatic rings. The third-order valence-electron chi connectivity index (χ3n) is 6.55. The number of rotatable bonds is 4. The maximum absolute atomic E-state index is 12.6. The van der Waals surface area contributed by atoms with Crippen molar-refractivity contribution < 1.29 is 9.53 Å². The molecule has 1 aromatic heterocycles. The van der Waals surface area contributed by atoms with Gasteiger partial charge in [0.05, 0.1) is 5.92 Å². The molecule has 0 N–H and O–H groups in total. The van der Waals surface area contributed by atoms with Gasteiger partial charge >= 0.3 is 5.97 Å². The highest BCUT2D eigenvalue weighted by Gasteiger charge is 2.51. The van der Waals surface area contributed by atoms with Crippen molar-refractivity contribution in [1.82, 2.24) is 9.97 Å². The molecule has 5 rings (SSSR count). The number of aromatic nitrogens is 2. The van der Waals surface area contributed by atoms with Crippen LogP contribution in [0.3, 0.4) is 0 Å². The maximum atomic E-state index is 12.6. The summed E-state index contributed by atoms with van der Waals surface area (Å²) in [5.74, 6) is 1.97. The minimum absolute atomic E-state index is 0.0687. The zero-order valence-electron chi connectivity index (χ0n) is 15.1. The number of hydrogen-bond donors (Lipinski definition) is 0. The number of carbonyl (C=O) groups excluding carboxylic acids is 1. The molecule has 5 heteroatoms. The Bertz CT molecular complexity index is 671. The average molecular weight is 341 g/mol. The minimum atomic E-state index is -0.0797. The average Bonchev–Trinajstić information content (AvgIpc) is 2.67. The predicted molar refractivity (Wildman–Crippen MR) is 96.0 cm³/mol. The molecule has 1 aliphatic heterocycles. The summed E-state index contributed by atoms with van der Waals surface area (Å²) in [4.78, 5) is 23.3. The number of fused-ring (bicyclic) bond motifs is 1. The molecular formula is C20H27N3O2. The molecule has 0 unspecified atom stereocenters. The Morgan fingerprint density at radius 2 is 2.16 bits per heavy atom. The van der Waals surface area contributed by atoms with Crippen LogP contribution in [0.5, 0.6) is 0 Å². The van der Waals surface area contributed by atoms with E-state index in [1.54, 1.807) is 12.4 Å². The summed E-state index contributed by atoms with van der Waals surface area (Å²) in [7, 11) is 0. The van der Waals surface area contributed by atoms with Gasteiger partial charge in [0.25, 0.3) is 0 Å². The summed E-state index contributed by atoms with van der Waals surface area (Å²) in [6.07, 6.45) is 10.1. The van der Waals surface area contributed by atoms with Crippen molar-refractivity contribution in [2.75, 3.05) is 24.6 Å². The van der Waals surface area contributed by atoms with Crippen molar-refractivity contribution >= 4 is 11.9 Å². The number of nitrogens with zero attached hydrogens (tertiary/aromatic N) is 3. The van der Waals surface area contributed by atoms with Gasteiger partial charge in [0, 0.05) is 25.5 Å². The van der Waals surface area contributed by atoms with E-state index in [0.717, 1.165) is 31.7 Å². The second-order valence-corrected chi connectivity index (χ2v) is 8.26. The number of allylic oxidation sites excluding steroid dienone is 1. The molecule has 0 aromatic carbocycles. The fourth-order valence-electron chi connectivity index (χ4n) is 4.72. The molecule has 134 valence electrons. The van der Waals surface area contributed by atoms with Gasteiger partial charge in [-0.1, -0.05) is 19.9 Å². The molecule has 1 aromatic rings. The summed E-state index contributed by atoms with van der Waals surface area (Å²) in [6, 6.07) is 1.81. The Labute approximate surface area is 149 Å². The summed E-state index contributed by atoms with van der Waals surface area (Å²) in [5, 5.41) is 0. The lowest BCUT2D eigenvalue weighted by molar-refractivity contribution is -0.148. The second kappa shape index (κ2) is 6.43. The molecule has 1 saturated heterocycles. The zero-order chi connectivity index (χ0) is 17.4. The van der Waals surface area contributed by atoms with Crippen LogP contribution in [0.15, 0.2) is 30.1 Å². The molecule has 3 atom stereocenters. The number of carbonyl (C=O) groups is 1. The fourth-order valence-corrected chi connectivity index (χ4v) is 4.72. The van der Waals surface area contributed by atoms with E-state index in [1.807, 2.05) is 6.07 Å².